The van der Waals surface area contributed by atoms with Crippen molar-refractivity contribution in [2.75, 3.05) is 11.9 Å². The van der Waals surface area contributed by atoms with Gasteiger partial charge in [-0.25, -0.2) is 9.18 Å². The number of hydrogen-bond acceptors (Lipinski definition) is 3. The molecule has 0 bridgehead atoms. The van der Waals surface area contributed by atoms with Gasteiger partial charge in [-0.05, 0) is 43.4 Å². The Morgan fingerprint density at radius 2 is 2.21 bits per heavy atom. The quantitative estimate of drug-likeness (QED) is 0.893. The number of nitrogens with zero attached hydrogens (tertiary/aromatic N) is 2. The summed E-state index contributed by atoms with van der Waals surface area (Å²) in [6, 6.07) is 6.24. The van der Waals surface area contributed by atoms with Crippen molar-refractivity contribution in [2.24, 2.45) is 0 Å². The zero-order valence-corrected chi connectivity index (χ0v) is 14.2. The molecule has 1 atom stereocenters. The molecular weight excluding hydrogens is 309 g/mol. The van der Waals surface area contributed by atoms with E-state index in [9.17, 15) is 9.18 Å². The van der Waals surface area contributed by atoms with E-state index in [4.69, 9.17) is 4.52 Å². The van der Waals surface area contributed by atoms with Crippen LogP contribution in [0, 0.1) is 12.7 Å². The van der Waals surface area contributed by atoms with Crippen LogP contribution >= 0.6 is 0 Å². The third-order valence-electron chi connectivity index (χ3n) is 4.40. The normalized spacial score (nSPS) is 17.5. The fraction of sp³-hybridized carbons (Fsp3) is 0.444. The molecule has 0 aliphatic carbocycles. The number of aromatic nitrogens is 1. The molecular formula is C18H22FN3O2. The van der Waals surface area contributed by atoms with Crippen LogP contribution in [0.25, 0.3) is 0 Å². The van der Waals surface area contributed by atoms with Crippen molar-refractivity contribution in [3.63, 3.8) is 0 Å². The van der Waals surface area contributed by atoms with E-state index in [0.29, 0.717) is 23.6 Å². The average molecular weight is 331 g/mol. The van der Waals surface area contributed by atoms with Gasteiger partial charge >= 0.3 is 6.03 Å². The largest absolute Gasteiger partial charge is 0.359 e. The molecule has 1 N–H and O–H groups in total. The molecule has 0 radical (unpaired) electrons. The molecule has 1 aliphatic heterocycles. The topological polar surface area (TPSA) is 58.4 Å². The highest BCUT2D eigenvalue weighted by molar-refractivity contribution is 5.89. The van der Waals surface area contributed by atoms with Crippen molar-refractivity contribution < 1.29 is 13.7 Å². The summed E-state index contributed by atoms with van der Waals surface area (Å²) in [6.45, 7) is 6.43. The Labute approximate surface area is 140 Å². The highest BCUT2D eigenvalue weighted by atomic mass is 19.1. The van der Waals surface area contributed by atoms with E-state index in [1.54, 1.807) is 24.0 Å². The molecule has 0 saturated carbocycles. The number of likely N-dealkylation sites (tertiary alicyclic amines) is 1. The summed E-state index contributed by atoms with van der Waals surface area (Å²) in [5.74, 6) is 0.658. The summed E-state index contributed by atoms with van der Waals surface area (Å²) in [6.07, 6.45) is 1.74. The Bertz CT molecular complexity index is 742. The lowest BCUT2D eigenvalue weighted by atomic mass is 10.1. The van der Waals surface area contributed by atoms with Gasteiger partial charge in [0.2, 0.25) is 0 Å². The first kappa shape index (κ1) is 16.5. The summed E-state index contributed by atoms with van der Waals surface area (Å²) in [4.78, 5) is 14.3. The second-order valence-electron chi connectivity index (χ2n) is 6.55. The van der Waals surface area contributed by atoms with E-state index in [-0.39, 0.29) is 23.8 Å². The van der Waals surface area contributed by atoms with Gasteiger partial charge in [0.25, 0.3) is 0 Å². The second kappa shape index (κ2) is 6.63. The number of halogens is 1. The lowest BCUT2D eigenvalue weighted by Gasteiger charge is -2.23. The number of rotatable bonds is 3. The minimum Gasteiger partial charge on any atom is -0.359 e. The summed E-state index contributed by atoms with van der Waals surface area (Å²) in [5.41, 5.74) is 1.89. The monoisotopic (exact) mass is 331 g/mol. The SMILES string of the molecule is Cc1ccc(NC(=O)N2CCCC2c2cc(C(C)C)no2)cc1F. The van der Waals surface area contributed by atoms with E-state index in [1.807, 2.05) is 19.9 Å². The predicted molar refractivity (Wildman–Crippen MR) is 89.4 cm³/mol. The van der Waals surface area contributed by atoms with Crippen LogP contribution in [0.4, 0.5) is 14.9 Å². The lowest BCUT2D eigenvalue weighted by molar-refractivity contribution is 0.195. The van der Waals surface area contributed by atoms with Gasteiger partial charge in [0.1, 0.15) is 5.82 Å². The van der Waals surface area contributed by atoms with Gasteiger partial charge in [-0.2, -0.15) is 0 Å². The molecule has 6 heteroatoms. The van der Waals surface area contributed by atoms with Crippen LogP contribution in [0.2, 0.25) is 0 Å². The van der Waals surface area contributed by atoms with E-state index in [2.05, 4.69) is 10.5 Å². The molecule has 1 aromatic heterocycles. The third kappa shape index (κ3) is 3.27. The number of benzene rings is 1. The van der Waals surface area contributed by atoms with E-state index < -0.39 is 0 Å². The van der Waals surface area contributed by atoms with Crippen molar-refractivity contribution in [1.82, 2.24) is 10.1 Å². The maximum Gasteiger partial charge on any atom is 0.322 e. The molecule has 5 nitrogen and oxygen atoms in total. The van der Waals surface area contributed by atoms with E-state index in [1.165, 1.54) is 6.07 Å². The van der Waals surface area contributed by atoms with Gasteiger partial charge in [-0.3, -0.25) is 0 Å². The highest BCUT2D eigenvalue weighted by Crippen LogP contribution is 2.33. The van der Waals surface area contributed by atoms with Gasteiger partial charge in [0, 0.05) is 18.3 Å². The number of hydrogen-bond donors (Lipinski definition) is 1. The summed E-state index contributed by atoms with van der Waals surface area (Å²) in [7, 11) is 0. The number of nitrogens with one attached hydrogen (secondary N) is 1. The van der Waals surface area contributed by atoms with Crippen molar-refractivity contribution in [3.05, 3.63) is 47.1 Å². The van der Waals surface area contributed by atoms with E-state index in [0.717, 1.165) is 18.5 Å². The number of carbonyl (C=O) groups excluding carboxylic acids is 1. The molecule has 1 unspecified atom stereocenters. The first-order chi connectivity index (χ1) is 11.5. The van der Waals surface area contributed by atoms with Crippen LogP contribution in [-0.2, 0) is 0 Å². The Hall–Kier alpha value is -2.37. The molecule has 1 fully saturated rings. The van der Waals surface area contributed by atoms with Gasteiger partial charge < -0.3 is 14.7 Å². The fourth-order valence-corrected chi connectivity index (χ4v) is 2.90. The summed E-state index contributed by atoms with van der Waals surface area (Å²) >= 11 is 0. The molecule has 24 heavy (non-hydrogen) atoms. The van der Waals surface area contributed by atoms with Crippen LogP contribution in [0.1, 0.15) is 55.7 Å². The Balaban J connectivity index is 1.74. The van der Waals surface area contributed by atoms with Crippen LogP contribution in [-0.4, -0.2) is 22.6 Å². The molecule has 2 heterocycles. The number of anilines is 1. The molecule has 0 spiro atoms. The first-order valence-electron chi connectivity index (χ1n) is 8.26. The van der Waals surface area contributed by atoms with Gasteiger partial charge in [0.05, 0.1) is 11.7 Å². The smallest absolute Gasteiger partial charge is 0.322 e. The van der Waals surface area contributed by atoms with Gasteiger partial charge in [0.15, 0.2) is 5.76 Å². The standard InChI is InChI=1S/C18H22FN3O2/c1-11(2)15-10-17(24-21-15)16-5-4-8-22(16)18(23)20-13-7-6-12(3)14(19)9-13/h6-7,9-11,16H,4-5,8H2,1-3H3,(H,20,23). The van der Waals surface area contributed by atoms with Gasteiger partial charge in [-0.15, -0.1) is 0 Å². The molecule has 3 rings (SSSR count). The van der Waals surface area contributed by atoms with Crippen molar-refractivity contribution in [1.29, 1.82) is 0 Å². The number of aryl methyl sites for hydroxylation is 1. The number of carbonyl (C=O) groups is 1. The number of amides is 2. The maximum absolute atomic E-state index is 13.6. The first-order valence-corrected chi connectivity index (χ1v) is 8.26. The lowest BCUT2D eigenvalue weighted by Crippen LogP contribution is -2.34. The molecule has 2 aromatic rings. The minimum absolute atomic E-state index is 0.125. The van der Waals surface area contributed by atoms with Crippen LogP contribution in [0.15, 0.2) is 28.8 Å². The van der Waals surface area contributed by atoms with Gasteiger partial charge in [-0.1, -0.05) is 25.1 Å². The zero-order valence-electron chi connectivity index (χ0n) is 14.2. The Kier molecular flexibility index (Phi) is 4.55. The van der Waals surface area contributed by atoms with Crippen molar-refractivity contribution in [2.45, 2.75) is 45.6 Å². The molecule has 1 aliphatic rings. The average Bonchev–Trinajstić information content (AvgIpc) is 3.18. The fourth-order valence-electron chi connectivity index (χ4n) is 2.90. The van der Waals surface area contributed by atoms with Crippen molar-refractivity contribution in [3.8, 4) is 0 Å². The third-order valence-corrected chi connectivity index (χ3v) is 4.40. The molecule has 1 aromatic carbocycles. The number of urea groups is 1. The minimum atomic E-state index is -0.331. The maximum atomic E-state index is 13.6. The molecule has 1 saturated heterocycles. The Morgan fingerprint density at radius 3 is 2.88 bits per heavy atom. The second-order valence-corrected chi connectivity index (χ2v) is 6.55. The zero-order chi connectivity index (χ0) is 17.3. The van der Waals surface area contributed by atoms with Crippen LogP contribution in [0.5, 0.6) is 0 Å². The van der Waals surface area contributed by atoms with Crippen molar-refractivity contribution >= 4 is 11.7 Å². The molecule has 128 valence electrons. The van der Waals surface area contributed by atoms with E-state index >= 15 is 0 Å². The highest BCUT2D eigenvalue weighted by Gasteiger charge is 2.33. The van der Waals surface area contributed by atoms with Crippen LogP contribution in [0.3, 0.4) is 0 Å². The van der Waals surface area contributed by atoms with Crippen LogP contribution < -0.4 is 5.32 Å². The summed E-state index contributed by atoms with van der Waals surface area (Å²) < 4.78 is 19.1. The summed E-state index contributed by atoms with van der Waals surface area (Å²) in [5, 5.41) is 6.84. The Morgan fingerprint density at radius 1 is 1.42 bits per heavy atom. The predicted octanol–water partition coefficient (Wildman–Crippen LogP) is 4.61. The molecule has 2 amide bonds.